The molecule has 0 spiro atoms. The summed E-state index contributed by atoms with van der Waals surface area (Å²) in [5.41, 5.74) is 0.750. The molecule has 2 N–H and O–H groups in total. The summed E-state index contributed by atoms with van der Waals surface area (Å²) in [5.74, 6) is 0.482. The van der Waals surface area contributed by atoms with Gasteiger partial charge < -0.3 is 21.0 Å². The minimum absolute atomic E-state index is 0. The van der Waals surface area contributed by atoms with Crippen LogP contribution in [0.3, 0.4) is 0 Å². The molecule has 1 saturated heterocycles. The van der Waals surface area contributed by atoms with Crippen molar-refractivity contribution in [2.45, 2.75) is 46.2 Å². The van der Waals surface area contributed by atoms with Crippen LogP contribution in [0.1, 0.15) is 34.1 Å². The normalized spacial score (nSPS) is 23.3. The number of hydrogen-bond acceptors (Lipinski definition) is 5. The summed E-state index contributed by atoms with van der Waals surface area (Å²) in [7, 11) is 0. The van der Waals surface area contributed by atoms with Crippen LogP contribution in [-0.4, -0.2) is 36.0 Å². The zero-order chi connectivity index (χ0) is 14.1. The molecule has 0 saturated carbocycles. The monoisotopic (exact) mass is 282 g/mol. The molecular formula is C11H23N4NaO3. The standard InChI is InChI=1S/C11H22N2O.HN2O2.Na/c1-5-8(2)11(14)13-7-9(3)12-6-10(13)4;3-1-2-4;/h8-10,12H,5-7H2,1-4H3;(H-,1,2,3,4);/q;-1;+1. The van der Waals surface area contributed by atoms with Crippen molar-refractivity contribution >= 4 is 5.91 Å². The molecule has 8 heteroatoms. The van der Waals surface area contributed by atoms with E-state index in [1.54, 1.807) is 5.29 Å². The molecule has 1 rings (SSSR count). The molecule has 1 fully saturated rings. The minimum Gasteiger partial charge on any atom is -0.742 e. The van der Waals surface area contributed by atoms with Crippen molar-refractivity contribution < 1.29 is 34.4 Å². The van der Waals surface area contributed by atoms with E-state index < -0.39 is 0 Å². The van der Waals surface area contributed by atoms with E-state index in [0.29, 0.717) is 18.0 Å². The van der Waals surface area contributed by atoms with Crippen molar-refractivity contribution in [1.82, 2.24) is 15.8 Å². The summed E-state index contributed by atoms with van der Waals surface area (Å²) in [6, 6.07) is 0.770. The maximum Gasteiger partial charge on any atom is 1.00 e. The van der Waals surface area contributed by atoms with Crippen molar-refractivity contribution in [3.8, 4) is 0 Å². The molecule has 19 heavy (non-hydrogen) atoms. The Morgan fingerprint density at radius 2 is 2.11 bits per heavy atom. The molecule has 106 valence electrons. The SMILES string of the molecule is CCC(C)C(=O)N1CC(C)NCC1C.O=NN[O-].[Na+]. The van der Waals surface area contributed by atoms with E-state index in [1.165, 1.54) is 0 Å². The Bertz CT molecular complexity index is 268. The molecule has 3 atom stereocenters. The van der Waals surface area contributed by atoms with Crippen LogP contribution in [-0.2, 0) is 4.79 Å². The zero-order valence-electron chi connectivity index (χ0n) is 12.5. The van der Waals surface area contributed by atoms with Gasteiger partial charge in [0.25, 0.3) is 0 Å². The Hall–Kier alpha value is -0.210. The van der Waals surface area contributed by atoms with E-state index >= 15 is 0 Å². The van der Waals surface area contributed by atoms with Crippen LogP contribution >= 0.6 is 0 Å². The van der Waals surface area contributed by atoms with E-state index in [4.69, 9.17) is 10.1 Å². The molecule has 1 aliphatic heterocycles. The number of hydrogen-bond donors (Lipinski definition) is 2. The topological polar surface area (TPSA) is 96.9 Å². The molecule has 1 heterocycles. The number of rotatable bonds is 3. The number of carbonyl (C=O) groups is 1. The first kappa shape index (κ1) is 21.1. The maximum absolute atomic E-state index is 12.0. The van der Waals surface area contributed by atoms with Gasteiger partial charge in [0, 0.05) is 36.4 Å². The average Bonchev–Trinajstić information content (AvgIpc) is 2.40. The number of carbonyl (C=O) groups excluding carboxylic acids is 1. The minimum atomic E-state index is 0. The predicted molar refractivity (Wildman–Crippen MR) is 70.4 cm³/mol. The summed E-state index contributed by atoms with van der Waals surface area (Å²) in [6.45, 7) is 10.1. The van der Waals surface area contributed by atoms with Crippen molar-refractivity contribution in [3.05, 3.63) is 10.1 Å². The van der Waals surface area contributed by atoms with E-state index in [1.807, 2.05) is 11.8 Å². The molecule has 0 aromatic heterocycles. The van der Waals surface area contributed by atoms with Crippen LogP contribution in [0.25, 0.3) is 0 Å². The third-order valence-electron chi connectivity index (χ3n) is 3.12. The first-order valence-electron chi connectivity index (χ1n) is 6.21. The van der Waals surface area contributed by atoms with Crippen LogP contribution in [0.5, 0.6) is 0 Å². The number of piperazine rings is 1. The Balaban J connectivity index is 0. The van der Waals surface area contributed by atoms with Crippen LogP contribution in [0.15, 0.2) is 5.29 Å². The second-order valence-corrected chi connectivity index (χ2v) is 4.64. The first-order valence-corrected chi connectivity index (χ1v) is 6.21. The smallest absolute Gasteiger partial charge is 0.742 e. The van der Waals surface area contributed by atoms with Crippen molar-refractivity contribution in [2.24, 2.45) is 11.2 Å². The van der Waals surface area contributed by atoms with Gasteiger partial charge in [-0.2, -0.15) is 0 Å². The van der Waals surface area contributed by atoms with Gasteiger partial charge in [0.2, 0.25) is 5.91 Å². The van der Waals surface area contributed by atoms with Gasteiger partial charge in [-0.25, -0.2) is 0 Å². The molecule has 1 aliphatic rings. The van der Waals surface area contributed by atoms with Gasteiger partial charge in [-0.05, 0) is 20.3 Å². The Morgan fingerprint density at radius 3 is 2.53 bits per heavy atom. The van der Waals surface area contributed by atoms with Crippen LogP contribution in [0.4, 0.5) is 0 Å². The molecule has 0 bridgehead atoms. The van der Waals surface area contributed by atoms with Crippen molar-refractivity contribution in [2.75, 3.05) is 13.1 Å². The van der Waals surface area contributed by atoms with Crippen LogP contribution < -0.4 is 40.5 Å². The Morgan fingerprint density at radius 1 is 1.58 bits per heavy atom. The maximum atomic E-state index is 12.0. The quantitative estimate of drug-likeness (QED) is 0.354. The van der Waals surface area contributed by atoms with Gasteiger partial charge in [-0.1, -0.05) is 13.8 Å². The van der Waals surface area contributed by atoms with Gasteiger partial charge in [0.05, 0.1) is 0 Å². The largest absolute Gasteiger partial charge is 1.00 e. The molecule has 1 amide bonds. The Kier molecular flexibility index (Phi) is 12.9. The van der Waals surface area contributed by atoms with Gasteiger partial charge in [-0.15, -0.1) is 4.91 Å². The molecular weight excluding hydrogens is 259 g/mol. The predicted octanol–water partition coefficient (Wildman–Crippen LogP) is -2.00. The number of nitrogens with zero attached hydrogens (tertiary/aromatic N) is 2. The van der Waals surface area contributed by atoms with E-state index in [-0.39, 0.29) is 35.5 Å². The van der Waals surface area contributed by atoms with Gasteiger partial charge >= 0.3 is 29.6 Å². The van der Waals surface area contributed by atoms with E-state index in [0.717, 1.165) is 25.1 Å². The molecule has 0 aromatic carbocycles. The average molecular weight is 282 g/mol. The summed E-state index contributed by atoms with van der Waals surface area (Å²) in [6.07, 6.45) is 0.934. The number of nitroso groups, excluding NO2 is 1. The summed E-state index contributed by atoms with van der Waals surface area (Å²) in [5, 5.41) is 13.6. The van der Waals surface area contributed by atoms with Gasteiger partial charge in [-0.3, -0.25) is 4.79 Å². The summed E-state index contributed by atoms with van der Waals surface area (Å²) < 4.78 is 0. The molecule has 0 aliphatic carbocycles. The molecule has 0 aromatic rings. The van der Waals surface area contributed by atoms with Gasteiger partial charge in [0.1, 0.15) is 0 Å². The van der Waals surface area contributed by atoms with Crippen LogP contribution in [0.2, 0.25) is 0 Å². The third-order valence-corrected chi connectivity index (χ3v) is 3.12. The first-order chi connectivity index (χ1) is 8.47. The molecule has 3 unspecified atom stereocenters. The Labute approximate surface area is 136 Å². The summed E-state index contributed by atoms with van der Waals surface area (Å²) in [4.78, 5) is 22.5. The second-order valence-electron chi connectivity index (χ2n) is 4.64. The van der Waals surface area contributed by atoms with Gasteiger partial charge in [0.15, 0.2) is 0 Å². The fourth-order valence-electron chi connectivity index (χ4n) is 1.79. The third kappa shape index (κ3) is 7.84. The molecule has 7 nitrogen and oxygen atoms in total. The fourth-order valence-corrected chi connectivity index (χ4v) is 1.79. The molecule has 0 radical (unpaired) electrons. The van der Waals surface area contributed by atoms with E-state index in [9.17, 15) is 4.79 Å². The van der Waals surface area contributed by atoms with Crippen molar-refractivity contribution in [3.63, 3.8) is 0 Å². The van der Waals surface area contributed by atoms with Crippen molar-refractivity contribution in [1.29, 1.82) is 0 Å². The number of amides is 1. The second kappa shape index (κ2) is 11.6. The van der Waals surface area contributed by atoms with E-state index in [2.05, 4.69) is 26.1 Å². The zero-order valence-corrected chi connectivity index (χ0v) is 14.5. The number of nitrogens with one attached hydrogen (secondary N) is 2. The summed E-state index contributed by atoms with van der Waals surface area (Å²) >= 11 is 0. The van der Waals surface area contributed by atoms with Crippen LogP contribution in [0, 0.1) is 16.0 Å². The fraction of sp³-hybridized carbons (Fsp3) is 0.909.